The minimum Gasteiger partial charge on any atom is -0.285 e. The van der Waals surface area contributed by atoms with Crippen LogP contribution in [0.1, 0.15) is 0 Å². The number of hydrogen-bond donors (Lipinski definition) is 1. The number of H-pyrrole nitrogens is 1. The van der Waals surface area contributed by atoms with Crippen molar-refractivity contribution in [2.75, 3.05) is 0 Å². The molecule has 2 rings (SSSR count). The smallest absolute Gasteiger partial charge is 0.0566 e. The van der Waals surface area contributed by atoms with Gasteiger partial charge in [-0.3, -0.25) is 10.1 Å². The Labute approximate surface area is 88.4 Å². The second-order valence-electron chi connectivity index (χ2n) is 2.23. The Morgan fingerprint density at radius 1 is 1.08 bits per heavy atom. The first-order valence-corrected chi connectivity index (χ1v) is 3.36. The van der Waals surface area contributed by atoms with Crippen LogP contribution in [0.2, 0.25) is 0 Å². The molecule has 2 heterocycles. The van der Waals surface area contributed by atoms with E-state index in [2.05, 4.69) is 15.2 Å². The molecular weight excluding hydrogens is 209 g/mol. The quantitative estimate of drug-likeness (QED) is 0.797. The highest BCUT2D eigenvalue weighted by Crippen LogP contribution is 2.14. The third-order valence-electron chi connectivity index (χ3n) is 1.49. The van der Waals surface area contributed by atoms with Crippen LogP contribution in [0.5, 0.6) is 0 Å². The number of nitrogens with zero attached hydrogens (tertiary/aromatic N) is 2. The average Bonchev–Trinajstić information content (AvgIpc) is 2.58. The van der Waals surface area contributed by atoms with Gasteiger partial charge < -0.3 is 0 Å². The van der Waals surface area contributed by atoms with Gasteiger partial charge in [0.15, 0.2) is 0 Å². The van der Waals surface area contributed by atoms with Gasteiger partial charge >= 0.3 is 0 Å². The van der Waals surface area contributed by atoms with Gasteiger partial charge in [0.2, 0.25) is 0 Å². The van der Waals surface area contributed by atoms with Crippen molar-refractivity contribution in [3.05, 3.63) is 36.9 Å². The summed E-state index contributed by atoms with van der Waals surface area (Å²) in [5.41, 5.74) is 2.15. The van der Waals surface area contributed by atoms with Crippen LogP contribution in [0.4, 0.5) is 0 Å². The Hall–Kier alpha value is -1.06. The van der Waals surface area contributed by atoms with Crippen molar-refractivity contribution in [2.24, 2.45) is 0 Å². The summed E-state index contributed by atoms with van der Waals surface area (Å²) in [4.78, 5) is 4.00. The van der Waals surface area contributed by atoms with Crippen molar-refractivity contribution in [2.45, 2.75) is 0 Å². The number of halogens is 2. The van der Waals surface area contributed by atoms with E-state index in [4.69, 9.17) is 0 Å². The van der Waals surface area contributed by atoms with Gasteiger partial charge in [0.25, 0.3) is 0 Å². The Balaban J connectivity index is 0.000000720. The van der Waals surface area contributed by atoms with E-state index in [9.17, 15) is 0 Å². The molecular formula is C8H9Cl2N3. The first-order valence-electron chi connectivity index (χ1n) is 3.36. The number of aromatic amines is 1. The molecule has 0 atom stereocenters. The van der Waals surface area contributed by atoms with E-state index in [0.717, 1.165) is 11.1 Å². The molecule has 0 aromatic carbocycles. The highest BCUT2D eigenvalue weighted by molar-refractivity contribution is 5.85. The van der Waals surface area contributed by atoms with Crippen molar-refractivity contribution >= 4 is 24.8 Å². The molecule has 0 saturated carbocycles. The highest BCUT2D eigenvalue weighted by atomic mass is 35.5. The van der Waals surface area contributed by atoms with E-state index in [0.29, 0.717) is 0 Å². The van der Waals surface area contributed by atoms with Crippen LogP contribution < -0.4 is 0 Å². The van der Waals surface area contributed by atoms with Crippen molar-refractivity contribution < 1.29 is 0 Å². The fraction of sp³-hybridized carbons (Fsp3) is 0. The maximum absolute atomic E-state index is 4.00. The standard InChI is InChI=1S/C8H7N3.2ClH/c1-2-7(4-9-3-1)8-5-10-11-6-8;;/h1-6H,(H,10,11);2*1H. The van der Waals surface area contributed by atoms with Gasteiger partial charge in [-0.25, -0.2) is 0 Å². The summed E-state index contributed by atoms with van der Waals surface area (Å²) in [6.07, 6.45) is 7.18. The molecule has 0 amide bonds. The molecule has 70 valence electrons. The van der Waals surface area contributed by atoms with Crippen LogP contribution in [0.15, 0.2) is 36.9 Å². The molecule has 2 aromatic rings. The second kappa shape index (κ2) is 5.56. The molecule has 0 spiro atoms. The molecule has 1 N–H and O–H groups in total. The van der Waals surface area contributed by atoms with Crippen LogP contribution in [0.25, 0.3) is 11.1 Å². The second-order valence-corrected chi connectivity index (χ2v) is 2.23. The monoisotopic (exact) mass is 217 g/mol. The van der Waals surface area contributed by atoms with Crippen LogP contribution >= 0.6 is 24.8 Å². The summed E-state index contributed by atoms with van der Waals surface area (Å²) in [7, 11) is 0. The van der Waals surface area contributed by atoms with Crippen molar-refractivity contribution in [3.63, 3.8) is 0 Å². The number of pyridine rings is 1. The Morgan fingerprint density at radius 2 is 1.92 bits per heavy atom. The van der Waals surface area contributed by atoms with Gasteiger partial charge in [-0.1, -0.05) is 6.07 Å². The Morgan fingerprint density at radius 3 is 2.46 bits per heavy atom. The Kier molecular flexibility index (Phi) is 5.11. The molecule has 3 nitrogen and oxygen atoms in total. The van der Waals surface area contributed by atoms with E-state index >= 15 is 0 Å². The number of hydrogen-bond acceptors (Lipinski definition) is 2. The lowest BCUT2D eigenvalue weighted by Crippen LogP contribution is -1.73. The number of nitrogens with one attached hydrogen (secondary N) is 1. The van der Waals surface area contributed by atoms with Crippen molar-refractivity contribution in [1.29, 1.82) is 0 Å². The van der Waals surface area contributed by atoms with Crippen LogP contribution in [0, 0.1) is 0 Å². The third kappa shape index (κ3) is 2.72. The minimum absolute atomic E-state index is 0. The van der Waals surface area contributed by atoms with E-state index in [-0.39, 0.29) is 24.8 Å². The normalized spacial score (nSPS) is 8.31. The summed E-state index contributed by atoms with van der Waals surface area (Å²) in [6, 6.07) is 3.90. The molecule has 0 aliphatic rings. The van der Waals surface area contributed by atoms with Gasteiger partial charge in [-0.2, -0.15) is 5.10 Å². The molecule has 2 aromatic heterocycles. The summed E-state index contributed by atoms with van der Waals surface area (Å²) in [6.45, 7) is 0. The molecule has 0 saturated heterocycles. The molecule has 0 aliphatic heterocycles. The zero-order valence-corrected chi connectivity index (χ0v) is 8.31. The van der Waals surface area contributed by atoms with Gasteiger partial charge in [0.1, 0.15) is 0 Å². The first-order chi connectivity index (χ1) is 5.47. The van der Waals surface area contributed by atoms with E-state index in [1.54, 1.807) is 12.4 Å². The lowest BCUT2D eigenvalue weighted by Gasteiger charge is -1.91. The number of rotatable bonds is 1. The van der Waals surface area contributed by atoms with Crippen molar-refractivity contribution in [3.8, 4) is 11.1 Å². The maximum atomic E-state index is 4.00. The zero-order chi connectivity index (χ0) is 7.52. The van der Waals surface area contributed by atoms with Gasteiger partial charge in [0, 0.05) is 29.7 Å². The lowest BCUT2D eigenvalue weighted by atomic mass is 10.2. The molecule has 0 fully saturated rings. The molecule has 5 heteroatoms. The predicted octanol–water partition coefficient (Wildman–Crippen LogP) is 2.32. The molecule has 0 unspecified atom stereocenters. The van der Waals surface area contributed by atoms with Crippen molar-refractivity contribution in [1.82, 2.24) is 15.2 Å². The predicted molar refractivity (Wildman–Crippen MR) is 56.3 cm³/mol. The largest absolute Gasteiger partial charge is 0.285 e. The van der Waals surface area contributed by atoms with Crippen LogP contribution in [0.3, 0.4) is 0 Å². The topological polar surface area (TPSA) is 41.6 Å². The number of aromatic nitrogens is 3. The molecule has 13 heavy (non-hydrogen) atoms. The van der Waals surface area contributed by atoms with E-state index in [1.807, 2.05) is 24.5 Å². The van der Waals surface area contributed by atoms with Crippen LogP contribution in [-0.4, -0.2) is 15.2 Å². The van der Waals surface area contributed by atoms with Gasteiger partial charge in [0.05, 0.1) is 6.20 Å². The van der Waals surface area contributed by atoms with E-state index < -0.39 is 0 Å². The SMILES string of the molecule is Cl.Cl.c1cncc(-c2cn[nH]c2)c1. The molecule has 0 aliphatic carbocycles. The zero-order valence-electron chi connectivity index (χ0n) is 6.68. The fourth-order valence-corrected chi connectivity index (χ4v) is 0.942. The van der Waals surface area contributed by atoms with Gasteiger partial charge in [-0.15, -0.1) is 24.8 Å². The molecule has 0 radical (unpaired) electrons. The highest BCUT2D eigenvalue weighted by Gasteiger charge is 1.95. The third-order valence-corrected chi connectivity index (χ3v) is 1.49. The molecule has 0 bridgehead atoms. The minimum atomic E-state index is 0. The summed E-state index contributed by atoms with van der Waals surface area (Å²) < 4.78 is 0. The first kappa shape index (κ1) is 11.9. The summed E-state index contributed by atoms with van der Waals surface area (Å²) >= 11 is 0. The van der Waals surface area contributed by atoms with Crippen LogP contribution in [-0.2, 0) is 0 Å². The summed E-state index contributed by atoms with van der Waals surface area (Å²) in [5, 5.41) is 6.60. The fourth-order valence-electron chi connectivity index (χ4n) is 0.942. The lowest BCUT2D eigenvalue weighted by molar-refractivity contribution is 1.09. The van der Waals surface area contributed by atoms with Gasteiger partial charge in [-0.05, 0) is 6.07 Å². The average molecular weight is 218 g/mol. The maximum Gasteiger partial charge on any atom is 0.0566 e. The van der Waals surface area contributed by atoms with E-state index in [1.165, 1.54) is 0 Å². The Bertz CT molecular complexity index is 320. The summed E-state index contributed by atoms with van der Waals surface area (Å²) in [5.74, 6) is 0.